The van der Waals surface area contributed by atoms with E-state index in [1.807, 2.05) is 24.8 Å². The van der Waals surface area contributed by atoms with Crippen LogP contribution in [0.2, 0.25) is 0 Å². The molecule has 1 heterocycles. The minimum Gasteiger partial charge on any atom is -0.337 e. The van der Waals surface area contributed by atoms with E-state index in [1.165, 1.54) is 11.1 Å². The molecular weight excluding hydrogens is 266 g/mol. The van der Waals surface area contributed by atoms with E-state index < -0.39 is 4.32 Å². The summed E-state index contributed by atoms with van der Waals surface area (Å²) in [5.74, 6) is 0.169. The number of amides is 1. The minimum absolute atomic E-state index is 0.169. The highest BCUT2D eigenvalue weighted by Gasteiger charge is 2.30. The van der Waals surface area contributed by atoms with Crippen LogP contribution in [0, 0.1) is 0 Å². The third-order valence-corrected chi connectivity index (χ3v) is 3.27. The summed E-state index contributed by atoms with van der Waals surface area (Å²) in [5.41, 5.74) is 2.65. The maximum absolute atomic E-state index is 12.1. The summed E-state index contributed by atoms with van der Waals surface area (Å²) in [6.45, 7) is 5.36. The monoisotopic (exact) mass is 281 g/mol. The number of alkyl halides is 1. The Bertz CT molecular complexity index is 409. The van der Waals surface area contributed by atoms with Gasteiger partial charge >= 0.3 is 0 Å². The Morgan fingerprint density at radius 3 is 2.56 bits per heavy atom. The van der Waals surface area contributed by atoms with Crippen molar-refractivity contribution in [1.29, 1.82) is 0 Å². The Morgan fingerprint density at radius 2 is 1.94 bits per heavy atom. The normalized spacial score (nSPS) is 15.8. The molecule has 1 aliphatic heterocycles. The lowest BCUT2D eigenvalue weighted by Gasteiger charge is -2.32. The molecule has 0 spiro atoms. The maximum Gasteiger partial charge on any atom is 0.239 e. The fourth-order valence-electron chi connectivity index (χ4n) is 2.05. The van der Waals surface area contributed by atoms with E-state index in [4.69, 9.17) is 0 Å². The lowest BCUT2D eigenvalue weighted by Crippen LogP contribution is -2.44. The van der Waals surface area contributed by atoms with Crippen LogP contribution in [0.4, 0.5) is 0 Å². The average Bonchev–Trinajstić information content (AvgIpc) is 2.26. The quantitative estimate of drug-likeness (QED) is 0.725. The number of nitrogens with zero attached hydrogens (tertiary/aromatic N) is 1. The van der Waals surface area contributed by atoms with Gasteiger partial charge in [-0.2, -0.15) is 0 Å². The largest absolute Gasteiger partial charge is 0.337 e. The van der Waals surface area contributed by atoms with E-state index in [1.54, 1.807) is 0 Å². The Labute approximate surface area is 105 Å². The van der Waals surface area contributed by atoms with Crippen molar-refractivity contribution in [2.75, 3.05) is 6.54 Å². The van der Waals surface area contributed by atoms with E-state index in [-0.39, 0.29) is 5.91 Å². The van der Waals surface area contributed by atoms with Gasteiger partial charge in [-0.3, -0.25) is 4.79 Å². The van der Waals surface area contributed by atoms with Crippen LogP contribution in [0.3, 0.4) is 0 Å². The molecule has 1 aliphatic rings. The van der Waals surface area contributed by atoms with Crippen LogP contribution in [0.5, 0.6) is 0 Å². The Kier molecular flexibility index (Phi) is 3.06. The highest BCUT2D eigenvalue weighted by molar-refractivity contribution is 9.10. The zero-order chi connectivity index (χ0) is 11.8. The lowest BCUT2D eigenvalue weighted by molar-refractivity contribution is -0.133. The molecule has 0 aromatic heterocycles. The molecule has 0 saturated carbocycles. The first-order chi connectivity index (χ1) is 7.48. The van der Waals surface area contributed by atoms with Crippen molar-refractivity contribution in [3.05, 3.63) is 35.4 Å². The molecule has 1 aromatic carbocycles. The Balaban J connectivity index is 2.17. The molecule has 0 bridgehead atoms. The van der Waals surface area contributed by atoms with E-state index in [9.17, 15) is 4.79 Å². The molecule has 1 amide bonds. The maximum atomic E-state index is 12.1. The molecule has 0 atom stereocenters. The van der Waals surface area contributed by atoms with Gasteiger partial charge in [0.15, 0.2) is 0 Å². The van der Waals surface area contributed by atoms with E-state index in [0.717, 1.165) is 19.5 Å². The standard InChI is InChI=1S/C13H16BrNO/c1-13(2,14)12(16)15-8-7-10-5-3-4-6-11(10)9-15/h3-6H,7-9H2,1-2H3. The van der Waals surface area contributed by atoms with Gasteiger partial charge in [0.05, 0.1) is 4.32 Å². The summed E-state index contributed by atoms with van der Waals surface area (Å²) in [7, 11) is 0. The van der Waals surface area contributed by atoms with Gasteiger partial charge in [0.2, 0.25) is 5.91 Å². The molecule has 16 heavy (non-hydrogen) atoms. The van der Waals surface area contributed by atoms with E-state index >= 15 is 0 Å². The van der Waals surface area contributed by atoms with Crippen molar-refractivity contribution >= 4 is 21.8 Å². The van der Waals surface area contributed by atoms with Gasteiger partial charge in [-0.25, -0.2) is 0 Å². The number of fused-ring (bicyclic) bond motifs is 1. The van der Waals surface area contributed by atoms with Crippen molar-refractivity contribution in [1.82, 2.24) is 4.90 Å². The van der Waals surface area contributed by atoms with Crippen molar-refractivity contribution in [2.45, 2.75) is 31.1 Å². The minimum atomic E-state index is -0.459. The van der Waals surface area contributed by atoms with Gasteiger partial charge in [0.25, 0.3) is 0 Å². The second kappa shape index (κ2) is 4.21. The van der Waals surface area contributed by atoms with Gasteiger partial charge in [0.1, 0.15) is 0 Å². The zero-order valence-corrected chi connectivity index (χ0v) is 11.3. The van der Waals surface area contributed by atoms with Gasteiger partial charge in [-0.15, -0.1) is 0 Å². The predicted octanol–water partition coefficient (Wildman–Crippen LogP) is 2.74. The molecule has 0 radical (unpaired) electrons. The van der Waals surface area contributed by atoms with Crippen molar-refractivity contribution < 1.29 is 4.79 Å². The molecular formula is C13H16BrNO. The van der Waals surface area contributed by atoms with Crippen LogP contribution in [0.15, 0.2) is 24.3 Å². The van der Waals surface area contributed by atoms with Gasteiger partial charge in [-0.1, -0.05) is 40.2 Å². The predicted molar refractivity (Wildman–Crippen MR) is 68.6 cm³/mol. The second-order valence-corrected chi connectivity index (χ2v) is 6.70. The van der Waals surface area contributed by atoms with Gasteiger partial charge in [-0.05, 0) is 31.4 Å². The SMILES string of the molecule is CC(C)(Br)C(=O)N1CCc2ccccc2C1. The van der Waals surface area contributed by atoms with Crippen LogP contribution in [-0.2, 0) is 17.8 Å². The molecule has 2 nitrogen and oxygen atoms in total. The van der Waals surface area contributed by atoms with Crippen molar-refractivity contribution in [2.24, 2.45) is 0 Å². The molecule has 0 N–H and O–H groups in total. The summed E-state index contributed by atoms with van der Waals surface area (Å²) in [4.78, 5) is 14.0. The van der Waals surface area contributed by atoms with Crippen molar-refractivity contribution in [3.8, 4) is 0 Å². The Morgan fingerprint density at radius 1 is 1.31 bits per heavy atom. The number of carbonyl (C=O) groups is 1. The number of hydrogen-bond donors (Lipinski definition) is 0. The molecule has 0 aliphatic carbocycles. The van der Waals surface area contributed by atoms with E-state index in [2.05, 4.69) is 34.1 Å². The summed E-state index contributed by atoms with van der Waals surface area (Å²) in [6.07, 6.45) is 0.963. The van der Waals surface area contributed by atoms with Gasteiger partial charge < -0.3 is 4.90 Å². The lowest BCUT2D eigenvalue weighted by atomic mass is 9.99. The molecule has 3 heteroatoms. The zero-order valence-electron chi connectivity index (χ0n) is 9.66. The van der Waals surface area contributed by atoms with Crippen LogP contribution >= 0.6 is 15.9 Å². The molecule has 1 aromatic rings. The van der Waals surface area contributed by atoms with Crippen LogP contribution in [0.1, 0.15) is 25.0 Å². The van der Waals surface area contributed by atoms with E-state index in [0.29, 0.717) is 0 Å². The van der Waals surface area contributed by atoms with Crippen molar-refractivity contribution in [3.63, 3.8) is 0 Å². The topological polar surface area (TPSA) is 20.3 Å². The van der Waals surface area contributed by atoms with Crippen LogP contribution < -0.4 is 0 Å². The highest BCUT2D eigenvalue weighted by Crippen LogP contribution is 2.24. The summed E-state index contributed by atoms with van der Waals surface area (Å²) in [5, 5.41) is 0. The molecule has 86 valence electrons. The molecule has 0 unspecified atom stereocenters. The smallest absolute Gasteiger partial charge is 0.239 e. The average molecular weight is 282 g/mol. The summed E-state index contributed by atoms with van der Waals surface area (Å²) in [6, 6.07) is 8.35. The third kappa shape index (κ3) is 2.29. The fraction of sp³-hybridized carbons (Fsp3) is 0.462. The Hall–Kier alpha value is -0.830. The van der Waals surface area contributed by atoms with Crippen LogP contribution in [-0.4, -0.2) is 21.7 Å². The number of rotatable bonds is 1. The summed E-state index contributed by atoms with van der Waals surface area (Å²) < 4.78 is -0.459. The third-order valence-electron chi connectivity index (χ3n) is 2.93. The number of hydrogen-bond acceptors (Lipinski definition) is 1. The number of halogens is 1. The van der Waals surface area contributed by atoms with Gasteiger partial charge in [0, 0.05) is 13.1 Å². The first-order valence-corrected chi connectivity index (χ1v) is 6.33. The fourth-order valence-corrected chi connectivity index (χ4v) is 2.30. The summed E-state index contributed by atoms with van der Waals surface area (Å²) >= 11 is 3.43. The highest BCUT2D eigenvalue weighted by atomic mass is 79.9. The molecule has 0 fully saturated rings. The van der Waals surface area contributed by atoms with Crippen LogP contribution in [0.25, 0.3) is 0 Å². The second-order valence-electron chi connectivity index (χ2n) is 4.72. The number of benzene rings is 1. The number of carbonyl (C=O) groups excluding carboxylic acids is 1. The molecule has 0 saturated heterocycles. The first kappa shape index (κ1) is 11.6. The molecule has 2 rings (SSSR count). The first-order valence-electron chi connectivity index (χ1n) is 5.53.